The fourth-order valence-electron chi connectivity index (χ4n) is 2.40. The van der Waals surface area contributed by atoms with Gasteiger partial charge in [-0.05, 0) is 41.8 Å². The Hall–Kier alpha value is -3.12. The van der Waals surface area contributed by atoms with E-state index in [1.54, 1.807) is 30.9 Å². The third-order valence-electron chi connectivity index (χ3n) is 3.61. The maximum Gasteiger partial charge on any atom is 0.138 e. The fraction of sp³-hybridized carbons (Fsp3) is 0.0556. The summed E-state index contributed by atoms with van der Waals surface area (Å²) < 4.78 is 10.6. The highest BCUT2D eigenvalue weighted by Crippen LogP contribution is 2.28. The van der Waals surface area contributed by atoms with Gasteiger partial charge in [-0.15, -0.1) is 0 Å². The van der Waals surface area contributed by atoms with Crippen molar-refractivity contribution in [3.63, 3.8) is 0 Å². The summed E-state index contributed by atoms with van der Waals surface area (Å²) in [7, 11) is 0. The van der Waals surface area contributed by atoms with E-state index in [0.717, 1.165) is 33.6 Å². The van der Waals surface area contributed by atoms with Crippen LogP contribution >= 0.6 is 11.6 Å². The zero-order valence-corrected chi connectivity index (χ0v) is 13.8. The summed E-state index contributed by atoms with van der Waals surface area (Å²) in [4.78, 5) is 8.47. The zero-order valence-electron chi connectivity index (χ0n) is 13.0. The summed E-state index contributed by atoms with van der Waals surface area (Å²) in [5.74, 6) is 1.51. The third kappa shape index (κ3) is 3.54. The predicted octanol–water partition coefficient (Wildman–Crippen LogP) is 4.59. The number of nitrogens with zero attached hydrogens (tertiary/aromatic N) is 3. The number of pyridine rings is 2. The molecule has 0 aliphatic carbocycles. The first-order valence-electron chi connectivity index (χ1n) is 7.56. The molecule has 0 amide bonds. The van der Waals surface area contributed by atoms with Crippen LogP contribution in [-0.2, 0) is 6.61 Å². The number of nitrogens with one attached hydrogen (secondary N) is 1. The van der Waals surface area contributed by atoms with Gasteiger partial charge in [-0.3, -0.25) is 0 Å². The lowest BCUT2D eigenvalue weighted by Gasteiger charge is -2.10. The third-order valence-corrected chi connectivity index (χ3v) is 3.84. The number of halogens is 1. The molecule has 0 atom stereocenters. The molecule has 0 aliphatic rings. The Labute approximate surface area is 148 Å². The summed E-state index contributed by atoms with van der Waals surface area (Å²) >= 11 is 5.82. The molecule has 0 unspecified atom stereocenters. The van der Waals surface area contributed by atoms with E-state index in [1.165, 1.54) is 0 Å². The molecule has 0 saturated heterocycles. The van der Waals surface area contributed by atoms with Crippen molar-refractivity contribution in [1.82, 2.24) is 15.1 Å². The van der Waals surface area contributed by atoms with E-state index < -0.39 is 0 Å². The first-order chi connectivity index (χ1) is 12.3. The second-order valence-corrected chi connectivity index (χ2v) is 5.75. The van der Waals surface area contributed by atoms with Crippen molar-refractivity contribution in [2.24, 2.45) is 0 Å². The van der Waals surface area contributed by atoms with Gasteiger partial charge in [0.05, 0.1) is 18.1 Å². The normalized spacial score (nSPS) is 10.8. The molecule has 124 valence electrons. The lowest BCUT2D eigenvalue weighted by atomic mass is 10.1. The molecule has 1 N–H and O–H groups in total. The largest absolute Gasteiger partial charge is 0.489 e. The average molecular weight is 353 g/mol. The SMILES string of the molecule is Clc1ccc(Nc2nccc3cc(OCc4cnoc4)ccc23)cn1. The van der Waals surface area contributed by atoms with Crippen molar-refractivity contribution < 1.29 is 9.26 Å². The van der Waals surface area contributed by atoms with Crippen LogP contribution in [-0.4, -0.2) is 15.1 Å². The van der Waals surface area contributed by atoms with Gasteiger partial charge in [-0.1, -0.05) is 16.8 Å². The fourth-order valence-corrected chi connectivity index (χ4v) is 2.51. The molecule has 0 fully saturated rings. The number of hydrogen-bond donors (Lipinski definition) is 1. The minimum absolute atomic E-state index is 0.404. The monoisotopic (exact) mass is 352 g/mol. The Balaban J connectivity index is 1.57. The molecule has 0 aliphatic heterocycles. The molecule has 4 aromatic rings. The number of anilines is 2. The van der Waals surface area contributed by atoms with Crippen molar-refractivity contribution in [1.29, 1.82) is 0 Å². The maximum absolute atomic E-state index is 5.82. The first kappa shape index (κ1) is 15.4. The number of fused-ring (bicyclic) bond motifs is 1. The van der Waals surface area contributed by atoms with Crippen LogP contribution in [0.1, 0.15) is 5.56 Å². The molecular weight excluding hydrogens is 340 g/mol. The number of hydrogen-bond acceptors (Lipinski definition) is 6. The Kier molecular flexibility index (Phi) is 4.18. The van der Waals surface area contributed by atoms with Crippen molar-refractivity contribution in [2.45, 2.75) is 6.61 Å². The van der Waals surface area contributed by atoms with Crippen LogP contribution in [0.3, 0.4) is 0 Å². The van der Waals surface area contributed by atoms with Gasteiger partial charge in [-0.25, -0.2) is 9.97 Å². The Morgan fingerprint density at radius 2 is 2.04 bits per heavy atom. The summed E-state index contributed by atoms with van der Waals surface area (Å²) in [6.07, 6.45) is 6.61. The van der Waals surface area contributed by atoms with Crippen LogP contribution in [0.5, 0.6) is 5.75 Å². The van der Waals surface area contributed by atoms with E-state index in [-0.39, 0.29) is 0 Å². The van der Waals surface area contributed by atoms with Crippen LogP contribution in [0, 0.1) is 0 Å². The second kappa shape index (κ2) is 6.78. The van der Waals surface area contributed by atoms with Gasteiger partial charge in [0.2, 0.25) is 0 Å². The smallest absolute Gasteiger partial charge is 0.138 e. The van der Waals surface area contributed by atoms with Gasteiger partial charge in [0.25, 0.3) is 0 Å². The van der Waals surface area contributed by atoms with Crippen molar-refractivity contribution in [3.8, 4) is 5.75 Å². The van der Waals surface area contributed by atoms with E-state index in [0.29, 0.717) is 11.8 Å². The van der Waals surface area contributed by atoms with E-state index in [9.17, 15) is 0 Å². The highest BCUT2D eigenvalue weighted by molar-refractivity contribution is 6.29. The molecular formula is C18H13ClN4O2. The van der Waals surface area contributed by atoms with Gasteiger partial charge < -0.3 is 14.6 Å². The summed E-state index contributed by atoms with van der Waals surface area (Å²) in [6, 6.07) is 11.4. The van der Waals surface area contributed by atoms with Crippen LogP contribution in [0.4, 0.5) is 11.5 Å². The molecule has 0 saturated carbocycles. The Bertz CT molecular complexity index is 988. The molecule has 3 heterocycles. The molecule has 6 nitrogen and oxygen atoms in total. The van der Waals surface area contributed by atoms with Gasteiger partial charge in [0.1, 0.15) is 29.6 Å². The average Bonchev–Trinajstić information content (AvgIpc) is 3.15. The van der Waals surface area contributed by atoms with Crippen LogP contribution in [0.15, 0.2) is 65.8 Å². The quantitative estimate of drug-likeness (QED) is 0.529. The zero-order chi connectivity index (χ0) is 17.1. The molecule has 1 aromatic carbocycles. The van der Waals surface area contributed by atoms with E-state index in [4.69, 9.17) is 20.9 Å². The van der Waals surface area contributed by atoms with E-state index in [2.05, 4.69) is 20.4 Å². The second-order valence-electron chi connectivity index (χ2n) is 5.36. The summed E-state index contributed by atoms with van der Waals surface area (Å²) in [6.45, 7) is 0.404. The standard InChI is InChI=1S/C18H13ClN4O2/c19-17-4-1-14(9-21-17)23-18-16-3-2-15(7-13(16)5-6-20-18)24-10-12-8-22-25-11-12/h1-9,11H,10H2,(H,20,23). The minimum Gasteiger partial charge on any atom is -0.489 e. The molecule has 4 rings (SSSR count). The molecule has 25 heavy (non-hydrogen) atoms. The molecule has 7 heteroatoms. The summed E-state index contributed by atoms with van der Waals surface area (Å²) in [5.41, 5.74) is 1.70. The Morgan fingerprint density at radius 1 is 1.08 bits per heavy atom. The van der Waals surface area contributed by atoms with Gasteiger partial charge in [-0.2, -0.15) is 0 Å². The molecule has 3 aromatic heterocycles. The van der Waals surface area contributed by atoms with Crippen LogP contribution in [0.25, 0.3) is 10.8 Å². The molecule has 0 spiro atoms. The van der Waals surface area contributed by atoms with Gasteiger partial charge in [0, 0.05) is 17.1 Å². The van der Waals surface area contributed by atoms with Crippen LogP contribution < -0.4 is 10.1 Å². The van der Waals surface area contributed by atoms with Gasteiger partial charge >= 0.3 is 0 Å². The van der Waals surface area contributed by atoms with Crippen LogP contribution in [0.2, 0.25) is 5.15 Å². The maximum atomic E-state index is 5.82. The summed E-state index contributed by atoms with van der Waals surface area (Å²) in [5, 5.41) is 9.36. The molecule has 0 radical (unpaired) electrons. The number of aromatic nitrogens is 3. The number of benzene rings is 1. The number of rotatable bonds is 5. The molecule has 0 bridgehead atoms. The van der Waals surface area contributed by atoms with Crippen molar-refractivity contribution >= 4 is 33.9 Å². The number of ether oxygens (including phenoxy) is 1. The highest BCUT2D eigenvalue weighted by atomic mass is 35.5. The Morgan fingerprint density at radius 3 is 2.84 bits per heavy atom. The van der Waals surface area contributed by atoms with E-state index in [1.807, 2.05) is 30.3 Å². The first-order valence-corrected chi connectivity index (χ1v) is 7.94. The lowest BCUT2D eigenvalue weighted by molar-refractivity contribution is 0.305. The lowest BCUT2D eigenvalue weighted by Crippen LogP contribution is -1.96. The van der Waals surface area contributed by atoms with Crippen molar-refractivity contribution in [3.05, 3.63) is 72.0 Å². The minimum atomic E-state index is 0.404. The highest BCUT2D eigenvalue weighted by Gasteiger charge is 2.06. The topological polar surface area (TPSA) is 73.1 Å². The predicted molar refractivity (Wildman–Crippen MR) is 95.1 cm³/mol. The van der Waals surface area contributed by atoms with Gasteiger partial charge in [0.15, 0.2) is 0 Å². The van der Waals surface area contributed by atoms with E-state index >= 15 is 0 Å². The van der Waals surface area contributed by atoms with Crippen molar-refractivity contribution in [2.75, 3.05) is 5.32 Å².